The Morgan fingerprint density at radius 2 is 0.786 bits per heavy atom. The van der Waals surface area contributed by atoms with Crippen LogP contribution in [0, 0.1) is 34.6 Å². The maximum atomic E-state index is 9.04. The second kappa shape index (κ2) is 8.76. The molecule has 0 aromatic heterocycles. The maximum Gasteiger partial charge on any atom is 0.292 e. The van der Waals surface area contributed by atoms with Crippen molar-refractivity contribution in [2.45, 2.75) is 5.92 Å². The fourth-order valence-electron chi connectivity index (χ4n) is 3.09. The Morgan fingerprint density at radius 3 is 1.07 bits per heavy atom. The van der Waals surface area contributed by atoms with Gasteiger partial charge in [-0.25, -0.2) is 0 Å². The zero-order valence-electron chi connectivity index (χ0n) is 14.6. The molecule has 0 bridgehead atoms. The van der Waals surface area contributed by atoms with Crippen LogP contribution in [-0.4, -0.2) is 0 Å². The summed E-state index contributed by atoms with van der Waals surface area (Å²) in [6.45, 7) is 0. The van der Waals surface area contributed by atoms with Crippen LogP contribution in [0.4, 0.5) is 0 Å². The first-order valence-electron chi connectivity index (χ1n) is 8.24. The number of benzene rings is 3. The molecule has 3 aromatic rings. The standard InChI is InChI=1S/C22H13N3O3/c23-13-26-19-10-4-1-7-16(19)22(17-8-2-5-11-20(17)27-14-24)18-9-3-6-12-21(18)28-15-25/h1-12,22H. The van der Waals surface area contributed by atoms with E-state index in [1.165, 1.54) is 0 Å². The number of rotatable bonds is 6. The minimum atomic E-state index is -0.515. The molecule has 0 radical (unpaired) electrons. The molecular formula is C22H13N3O3. The highest BCUT2D eigenvalue weighted by molar-refractivity contribution is 5.56. The summed E-state index contributed by atoms with van der Waals surface area (Å²) in [6.07, 6.45) is 5.08. The third-order valence-corrected chi connectivity index (χ3v) is 4.16. The average Bonchev–Trinajstić information content (AvgIpc) is 2.72. The molecule has 0 heterocycles. The van der Waals surface area contributed by atoms with Gasteiger partial charge in [0.2, 0.25) is 0 Å². The lowest BCUT2D eigenvalue weighted by Crippen LogP contribution is -2.08. The number of para-hydroxylation sites is 3. The summed E-state index contributed by atoms with van der Waals surface area (Å²) in [6, 6.07) is 21.1. The monoisotopic (exact) mass is 367 g/mol. The predicted octanol–water partition coefficient (Wildman–Crippen LogP) is 4.45. The average molecular weight is 367 g/mol. The number of nitriles is 3. The van der Waals surface area contributed by atoms with Gasteiger partial charge in [0, 0.05) is 22.6 Å². The van der Waals surface area contributed by atoms with Crippen LogP contribution in [0.1, 0.15) is 22.6 Å². The Morgan fingerprint density at radius 1 is 0.500 bits per heavy atom. The van der Waals surface area contributed by atoms with E-state index in [9.17, 15) is 0 Å². The van der Waals surface area contributed by atoms with Crippen molar-refractivity contribution in [3.63, 3.8) is 0 Å². The first-order valence-corrected chi connectivity index (χ1v) is 8.24. The first-order chi connectivity index (χ1) is 13.8. The van der Waals surface area contributed by atoms with E-state index in [-0.39, 0.29) is 0 Å². The Labute approximate surface area is 162 Å². The molecule has 6 nitrogen and oxygen atoms in total. The molecule has 0 aliphatic carbocycles. The van der Waals surface area contributed by atoms with E-state index in [0.717, 1.165) is 0 Å². The van der Waals surface area contributed by atoms with Crippen molar-refractivity contribution in [1.82, 2.24) is 0 Å². The third-order valence-electron chi connectivity index (χ3n) is 4.16. The first kappa shape index (κ1) is 18.3. The highest BCUT2D eigenvalue weighted by atomic mass is 16.5. The normalized spacial score (nSPS) is 9.64. The zero-order valence-corrected chi connectivity index (χ0v) is 14.6. The van der Waals surface area contributed by atoms with Crippen molar-refractivity contribution in [3.8, 4) is 36.0 Å². The van der Waals surface area contributed by atoms with Crippen molar-refractivity contribution >= 4 is 0 Å². The zero-order chi connectivity index (χ0) is 19.8. The molecule has 28 heavy (non-hydrogen) atoms. The van der Waals surface area contributed by atoms with E-state index >= 15 is 0 Å². The topological polar surface area (TPSA) is 99.1 Å². The molecule has 0 atom stereocenters. The van der Waals surface area contributed by atoms with Crippen LogP contribution in [-0.2, 0) is 0 Å². The van der Waals surface area contributed by atoms with Gasteiger partial charge in [0.25, 0.3) is 18.8 Å². The summed E-state index contributed by atoms with van der Waals surface area (Å²) in [5, 5.41) is 27.1. The molecule has 0 unspecified atom stereocenters. The molecule has 6 heteroatoms. The second-order valence-corrected chi connectivity index (χ2v) is 5.63. The summed E-state index contributed by atoms with van der Waals surface area (Å²) in [5.41, 5.74) is 1.98. The number of nitrogens with zero attached hydrogens (tertiary/aromatic N) is 3. The summed E-state index contributed by atoms with van der Waals surface area (Å²) < 4.78 is 15.5. The SMILES string of the molecule is N#COc1ccccc1C(c1ccccc1OC#N)c1ccccc1OC#N. The van der Waals surface area contributed by atoms with Crippen molar-refractivity contribution in [2.24, 2.45) is 0 Å². The van der Waals surface area contributed by atoms with Crippen LogP contribution in [0.2, 0.25) is 0 Å². The molecule has 0 saturated carbocycles. The minimum Gasteiger partial charge on any atom is -0.388 e. The maximum absolute atomic E-state index is 9.04. The van der Waals surface area contributed by atoms with Crippen LogP contribution in [0.25, 0.3) is 0 Å². The van der Waals surface area contributed by atoms with Gasteiger partial charge in [0.05, 0.1) is 0 Å². The quantitative estimate of drug-likeness (QED) is 0.471. The van der Waals surface area contributed by atoms with Gasteiger partial charge in [0.15, 0.2) is 0 Å². The van der Waals surface area contributed by atoms with E-state index in [4.69, 9.17) is 30.0 Å². The van der Waals surface area contributed by atoms with Crippen LogP contribution >= 0.6 is 0 Å². The van der Waals surface area contributed by atoms with Crippen molar-refractivity contribution in [3.05, 3.63) is 89.5 Å². The molecule has 0 saturated heterocycles. The highest BCUT2D eigenvalue weighted by Crippen LogP contribution is 2.43. The molecule has 3 rings (SSSR count). The summed E-state index contributed by atoms with van der Waals surface area (Å²) in [7, 11) is 0. The summed E-state index contributed by atoms with van der Waals surface area (Å²) in [5.74, 6) is 0.550. The van der Waals surface area contributed by atoms with E-state index < -0.39 is 5.92 Å². The smallest absolute Gasteiger partial charge is 0.292 e. The van der Waals surface area contributed by atoms with Gasteiger partial charge in [-0.3, -0.25) is 0 Å². The molecule has 0 aliphatic heterocycles. The second-order valence-electron chi connectivity index (χ2n) is 5.63. The third kappa shape index (κ3) is 3.70. The Bertz CT molecular complexity index is 965. The molecule has 0 fully saturated rings. The summed E-state index contributed by atoms with van der Waals surface area (Å²) in [4.78, 5) is 0. The van der Waals surface area contributed by atoms with Crippen molar-refractivity contribution in [2.75, 3.05) is 0 Å². The Kier molecular flexibility index (Phi) is 5.73. The number of hydrogen-bond acceptors (Lipinski definition) is 6. The lowest BCUT2D eigenvalue weighted by atomic mass is 9.83. The molecule has 0 N–H and O–H groups in total. The van der Waals surface area contributed by atoms with Gasteiger partial charge in [0.1, 0.15) is 17.2 Å². The molecule has 0 spiro atoms. The molecule has 0 aliphatic rings. The van der Waals surface area contributed by atoms with E-state index in [0.29, 0.717) is 33.9 Å². The predicted molar refractivity (Wildman–Crippen MR) is 99.0 cm³/mol. The van der Waals surface area contributed by atoms with Crippen molar-refractivity contribution < 1.29 is 14.2 Å². The van der Waals surface area contributed by atoms with Crippen molar-refractivity contribution in [1.29, 1.82) is 15.8 Å². The van der Waals surface area contributed by atoms with Gasteiger partial charge < -0.3 is 14.2 Å². The number of hydrogen-bond donors (Lipinski definition) is 0. The van der Waals surface area contributed by atoms with Crippen LogP contribution in [0.15, 0.2) is 72.8 Å². The van der Waals surface area contributed by atoms with Gasteiger partial charge in [-0.1, -0.05) is 54.6 Å². The van der Waals surface area contributed by atoms with E-state index in [1.807, 2.05) is 36.4 Å². The van der Waals surface area contributed by atoms with Crippen LogP contribution < -0.4 is 14.2 Å². The largest absolute Gasteiger partial charge is 0.388 e. The van der Waals surface area contributed by atoms with Gasteiger partial charge in [-0.05, 0) is 18.2 Å². The van der Waals surface area contributed by atoms with Gasteiger partial charge >= 0.3 is 0 Å². The fraction of sp³-hybridized carbons (Fsp3) is 0.0455. The number of ether oxygens (including phenoxy) is 3. The molecule has 134 valence electrons. The Hall–Kier alpha value is -4.47. The lowest BCUT2D eigenvalue weighted by molar-refractivity contribution is 0.482. The molecular weight excluding hydrogens is 354 g/mol. The van der Waals surface area contributed by atoms with Gasteiger partial charge in [-0.15, -0.1) is 15.8 Å². The summed E-state index contributed by atoms with van der Waals surface area (Å²) >= 11 is 0. The van der Waals surface area contributed by atoms with Crippen LogP contribution in [0.3, 0.4) is 0 Å². The fourth-order valence-corrected chi connectivity index (χ4v) is 3.09. The lowest BCUT2D eigenvalue weighted by Gasteiger charge is -2.23. The highest BCUT2D eigenvalue weighted by Gasteiger charge is 2.27. The van der Waals surface area contributed by atoms with E-state index in [1.54, 1.807) is 55.2 Å². The molecule has 0 amide bonds. The molecule has 3 aromatic carbocycles. The van der Waals surface area contributed by atoms with Crippen LogP contribution in [0.5, 0.6) is 17.2 Å². The van der Waals surface area contributed by atoms with E-state index in [2.05, 4.69) is 0 Å². The van der Waals surface area contributed by atoms with Gasteiger partial charge in [-0.2, -0.15) is 0 Å². The Balaban J connectivity index is 2.31. The minimum absolute atomic E-state index is 0.355.